The number of hydrogen-bond acceptors (Lipinski definition) is 4. The maximum atomic E-state index is 11.4. The van der Waals surface area contributed by atoms with Gasteiger partial charge >= 0.3 is 0 Å². The lowest BCUT2D eigenvalue weighted by atomic mass is 10.1. The Morgan fingerprint density at radius 2 is 2.06 bits per heavy atom. The third-order valence-corrected chi connectivity index (χ3v) is 2.50. The smallest absolute Gasteiger partial charge is 0.225 e. The van der Waals surface area contributed by atoms with Crippen LogP contribution in [-0.2, 0) is 4.79 Å². The molecule has 1 N–H and O–H groups in total. The zero-order valence-corrected chi connectivity index (χ0v) is 10.9. The maximum Gasteiger partial charge on any atom is 0.225 e. The van der Waals surface area contributed by atoms with Crippen LogP contribution in [-0.4, -0.2) is 42.4 Å². The second kappa shape index (κ2) is 6.64. The summed E-state index contributed by atoms with van der Waals surface area (Å²) in [6.07, 6.45) is 0.316. The van der Waals surface area contributed by atoms with Crippen LogP contribution >= 0.6 is 0 Å². The molecule has 0 aliphatic heterocycles. The van der Waals surface area contributed by atoms with Gasteiger partial charge in [-0.15, -0.1) is 0 Å². The van der Waals surface area contributed by atoms with E-state index in [9.17, 15) is 4.79 Å². The molecule has 0 atom stereocenters. The summed E-state index contributed by atoms with van der Waals surface area (Å²) in [5.74, 6) is 0.624. The fraction of sp³-hybridized carbons (Fsp3) is 0.385. The number of ether oxygens (including phenoxy) is 1. The molecule has 0 aliphatic carbocycles. The van der Waals surface area contributed by atoms with E-state index in [2.05, 4.69) is 5.16 Å². The van der Waals surface area contributed by atoms with Crippen molar-refractivity contribution in [2.45, 2.75) is 13.3 Å². The highest BCUT2D eigenvalue weighted by Gasteiger charge is 2.08. The molecular weight excluding hydrogens is 232 g/mol. The standard InChI is InChI=1S/C13H18N2O3/c1-10(14-17)11-6-4-5-7-12(11)18-9-8-13(16)15(2)3/h4-7,17H,8-9H2,1-3H3/b14-10+. The summed E-state index contributed by atoms with van der Waals surface area (Å²) >= 11 is 0. The number of carbonyl (C=O) groups excluding carboxylic acids is 1. The average molecular weight is 250 g/mol. The lowest BCUT2D eigenvalue weighted by Gasteiger charge is -2.12. The molecule has 0 saturated heterocycles. The van der Waals surface area contributed by atoms with E-state index >= 15 is 0 Å². The molecule has 5 nitrogen and oxygen atoms in total. The number of hydrogen-bond donors (Lipinski definition) is 1. The van der Waals surface area contributed by atoms with Crippen LogP contribution < -0.4 is 4.74 Å². The van der Waals surface area contributed by atoms with E-state index < -0.39 is 0 Å². The topological polar surface area (TPSA) is 62.1 Å². The second-order valence-electron chi connectivity index (χ2n) is 4.07. The number of benzene rings is 1. The molecule has 18 heavy (non-hydrogen) atoms. The molecule has 0 radical (unpaired) electrons. The van der Waals surface area contributed by atoms with E-state index in [0.29, 0.717) is 24.5 Å². The lowest BCUT2D eigenvalue weighted by Crippen LogP contribution is -2.23. The monoisotopic (exact) mass is 250 g/mol. The number of para-hydroxylation sites is 1. The molecule has 0 spiro atoms. The normalized spacial score (nSPS) is 11.2. The summed E-state index contributed by atoms with van der Waals surface area (Å²) in [5.41, 5.74) is 1.20. The number of oxime groups is 1. The Labute approximate surface area is 107 Å². The van der Waals surface area contributed by atoms with E-state index in [1.807, 2.05) is 12.1 Å². The molecular formula is C13H18N2O3. The van der Waals surface area contributed by atoms with Crippen LogP contribution in [0.5, 0.6) is 5.75 Å². The number of nitrogens with zero attached hydrogens (tertiary/aromatic N) is 2. The minimum Gasteiger partial charge on any atom is -0.492 e. The Bertz CT molecular complexity index is 442. The molecule has 1 aromatic rings. The predicted octanol–water partition coefficient (Wildman–Crippen LogP) is 1.74. The molecule has 0 aliphatic rings. The Morgan fingerprint density at radius 3 is 2.67 bits per heavy atom. The van der Waals surface area contributed by atoms with E-state index in [1.54, 1.807) is 33.2 Å². The van der Waals surface area contributed by atoms with Crippen molar-refractivity contribution >= 4 is 11.6 Å². The highest BCUT2D eigenvalue weighted by Crippen LogP contribution is 2.19. The third-order valence-electron chi connectivity index (χ3n) is 2.50. The fourth-order valence-electron chi connectivity index (χ4n) is 1.42. The number of amides is 1. The van der Waals surface area contributed by atoms with Crippen molar-refractivity contribution in [1.82, 2.24) is 4.90 Å². The van der Waals surface area contributed by atoms with Crippen LogP contribution in [0.1, 0.15) is 18.9 Å². The highest BCUT2D eigenvalue weighted by atomic mass is 16.5. The van der Waals surface area contributed by atoms with Gasteiger partial charge in [0.05, 0.1) is 18.7 Å². The molecule has 98 valence electrons. The second-order valence-corrected chi connectivity index (χ2v) is 4.07. The van der Waals surface area contributed by atoms with Crippen LogP contribution in [0.4, 0.5) is 0 Å². The van der Waals surface area contributed by atoms with Crippen molar-refractivity contribution in [3.8, 4) is 5.75 Å². The summed E-state index contributed by atoms with van der Waals surface area (Å²) in [7, 11) is 3.41. The van der Waals surface area contributed by atoms with E-state index in [1.165, 1.54) is 4.90 Å². The molecule has 1 rings (SSSR count). The van der Waals surface area contributed by atoms with Crippen LogP contribution in [0, 0.1) is 0 Å². The van der Waals surface area contributed by atoms with Crippen LogP contribution in [0.3, 0.4) is 0 Å². The molecule has 0 heterocycles. The maximum absolute atomic E-state index is 11.4. The summed E-state index contributed by atoms with van der Waals surface area (Å²) in [5, 5.41) is 11.9. The van der Waals surface area contributed by atoms with Crippen molar-refractivity contribution in [2.24, 2.45) is 5.16 Å². The summed E-state index contributed by atoms with van der Waals surface area (Å²) < 4.78 is 5.54. The Balaban J connectivity index is 2.65. The number of rotatable bonds is 5. The minimum atomic E-state index is 0.0139. The number of carbonyl (C=O) groups is 1. The van der Waals surface area contributed by atoms with Gasteiger partial charge < -0.3 is 14.8 Å². The van der Waals surface area contributed by atoms with Gasteiger partial charge in [-0.3, -0.25) is 4.79 Å². The van der Waals surface area contributed by atoms with E-state index in [-0.39, 0.29) is 5.91 Å². The largest absolute Gasteiger partial charge is 0.492 e. The average Bonchev–Trinajstić information content (AvgIpc) is 2.38. The van der Waals surface area contributed by atoms with E-state index in [4.69, 9.17) is 9.94 Å². The molecule has 0 fully saturated rings. The molecule has 0 saturated carbocycles. The van der Waals surface area contributed by atoms with E-state index in [0.717, 1.165) is 5.56 Å². The molecule has 1 amide bonds. The Hall–Kier alpha value is -2.04. The van der Waals surface area contributed by atoms with Gasteiger partial charge in [0.2, 0.25) is 5.91 Å². The molecule has 0 unspecified atom stereocenters. The van der Waals surface area contributed by atoms with Crippen LogP contribution in [0.25, 0.3) is 0 Å². The molecule has 0 bridgehead atoms. The Morgan fingerprint density at radius 1 is 1.39 bits per heavy atom. The van der Waals surface area contributed by atoms with Crippen molar-refractivity contribution in [2.75, 3.05) is 20.7 Å². The summed E-state index contributed by atoms with van der Waals surface area (Å²) in [6.45, 7) is 1.99. The van der Waals surface area contributed by atoms with Gasteiger partial charge in [0.1, 0.15) is 5.75 Å². The van der Waals surface area contributed by atoms with Crippen molar-refractivity contribution in [1.29, 1.82) is 0 Å². The highest BCUT2D eigenvalue weighted by molar-refractivity contribution is 6.00. The summed E-state index contributed by atoms with van der Waals surface area (Å²) in [4.78, 5) is 12.9. The SMILES string of the molecule is C/C(=N\O)c1ccccc1OCCC(=O)N(C)C. The first-order valence-electron chi connectivity index (χ1n) is 5.67. The first-order valence-corrected chi connectivity index (χ1v) is 5.67. The van der Waals surface area contributed by atoms with Crippen molar-refractivity contribution in [3.63, 3.8) is 0 Å². The molecule has 1 aromatic carbocycles. The minimum absolute atomic E-state index is 0.0139. The van der Waals surface area contributed by atoms with Gasteiger partial charge in [-0.1, -0.05) is 17.3 Å². The van der Waals surface area contributed by atoms with Gasteiger partial charge in [-0.25, -0.2) is 0 Å². The summed E-state index contributed by atoms with van der Waals surface area (Å²) in [6, 6.07) is 7.25. The Kier molecular flexibility index (Phi) is 5.17. The first-order chi connectivity index (χ1) is 8.56. The predicted molar refractivity (Wildman–Crippen MR) is 69.2 cm³/mol. The zero-order chi connectivity index (χ0) is 13.5. The van der Waals surface area contributed by atoms with Crippen LogP contribution in [0.2, 0.25) is 0 Å². The van der Waals surface area contributed by atoms with Gasteiger partial charge in [-0.2, -0.15) is 0 Å². The third kappa shape index (κ3) is 3.76. The quantitative estimate of drug-likeness (QED) is 0.492. The first kappa shape index (κ1) is 14.0. The fourth-order valence-corrected chi connectivity index (χ4v) is 1.42. The molecule has 5 heteroatoms. The van der Waals surface area contributed by atoms with Crippen molar-refractivity contribution < 1.29 is 14.7 Å². The lowest BCUT2D eigenvalue weighted by molar-refractivity contribution is -0.129. The van der Waals surface area contributed by atoms with Gasteiger partial charge in [-0.05, 0) is 19.1 Å². The van der Waals surface area contributed by atoms with Crippen LogP contribution in [0.15, 0.2) is 29.4 Å². The van der Waals surface area contributed by atoms with Gasteiger partial charge in [0.25, 0.3) is 0 Å². The zero-order valence-electron chi connectivity index (χ0n) is 10.9. The molecule has 0 aromatic heterocycles. The van der Waals surface area contributed by atoms with Crippen molar-refractivity contribution in [3.05, 3.63) is 29.8 Å². The van der Waals surface area contributed by atoms with Gasteiger partial charge in [0, 0.05) is 19.7 Å². The van der Waals surface area contributed by atoms with Gasteiger partial charge in [0.15, 0.2) is 0 Å².